The molecule has 0 bridgehead atoms. The molecule has 1 N–H and O–H groups in total. The molecule has 0 radical (unpaired) electrons. The summed E-state index contributed by atoms with van der Waals surface area (Å²) in [5.74, 6) is 1.10. The maximum absolute atomic E-state index is 4.45. The van der Waals surface area contributed by atoms with Gasteiger partial charge in [-0.25, -0.2) is 4.98 Å². The van der Waals surface area contributed by atoms with Crippen molar-refractivity contribution >= 4 is 11.5 Å². The van der Waals surface area contributed by atoms with Gasteiger partial charge in [0.15, 0.2) is 5.82 Å². The van der Waals surface area contributed by atoms with Crippen molar-refractivity contribution in [3.63, 3.8) is 0 Å². The van der Waals surface area contributed by atoms with Crippen molar-refractivity contribution in [2.24, 2.45) is 0 Å². The molecule has 0 saturated carbocycles. The Balaban J connectivity index is 2.37. The van der Waals surface area contributed by atoms with Gasteiger partial charge in [0.25, 0.3) is 0 Å². The molecule has 1 aromatic heterocycles. The Labute approximate surface area is 85.1 Å². The molecule has 0 saturated heterocycles. The van der Waals surface area contributed by atoms with Gasteiger partial charge >= 0.3 is 0 Å². The van der Waals surface area contributed by atoms with E-state index in [9.17, 15) is 0 Å². The number of anilines is 2. The molecule has 1 aromatic rings. The Kier molecular flexibility index (Phi) is 2.57. The quantitative estimate of drug-likeness (QED) is 0.737. The highest BCUT2D eigenvalue weighted by molar-refractivity contribution is 5.66. The molecule has 76 valence electrons. The average molecular weight is 191 g/mol. The van der Waals surface area contributed by atoms with Crippen LogP contribution in [-0.2, 0) is 0 Å². The van der Waals surface area contributed by atoms with E-state index in [1.807, 2.05) is 12.3 Å². The van der Waals surface area contributed by atoms with Gasteiger partial charge in [0.05, 0.1) is 5.69 Å². The second-order valence-corrected chi connectivity index (χ2v) is 3.94. The van der Waals surface area contributed by atoms with E-state index in [-0.39, 0.29) is 0 Å². The van der Waals surface area contributed by atoms with Gasteiger partial charge in [-0.3, -0.25) is 0 Å². The highest BCUT2D eigenvalue weighted by atomic mass is 15.2. The van der Waals surface area contributed by atoms with Gasteiger partial charge in [-0.2, -0.15) is 0 Å². The van der Waals surface area contributed by atoms with Gasteiger partial charge in [0.1, 0.15) is 0 Å². The smallest absolute Gasteiger partial charge is 0.152 e. The third kappa shape index (κ3) is 1.67. The van der Waals surface area contributed by atoms with E-state index < -0.39 is 0 Å². The van der Waals surface area contributed by atoms with Crippen LogP contribution < -0.4 is 10.2 Å². The number of pyridine rings is 1. The molecule has 14 heavy (non-hydrogen) atoms. The molecule has 0 fully saturated rings. The van der Waals surface area contributed by atoms with E-state index in [1.54, 1.807) is 0 Å². The summed E-state index contributed by atoms with van der Waals surface area (Å²) in [7, 11) is 0. The number of rotatable bonds is 1. The van der Waals surface area contributed by atoms with E-state index in [0.717, 1.165) is 18.9 Å². The Hall–Kier alpha value is -1.25. The molecule has 0 unspecified atom stereocenters. The van der Waals surface area contributed by atoms with Crippen molar-refractivity contribution in [3.05, 3.63) is 18.3 Å². The zero-order chi connectivity index (χ0) is 9.97. The monoisotopic (exact) mass is 191 g/mol. The van der Waals surface area contributed by atoms with Gasteiger partial charge in [-0.1, -0.05) is 0 Å². The number of nitrogens with one attached hydrogen (secondary N) is 1. The Morgan fingerprint density at radius 3 is 3.14 bits per heavy atom. The van der Waals surface area contributed by atoms with Crippen LogP contribution in [0.25, 0.3) is 0 Å². The fourth-order valence-corrected chi connectivity index (χ4v) is 1.84. The van der Waals surface area contributed by atoms with Crippen LogP contribution in [0, 0.1) is 0 Å². The zero-order valence-corrected chi connectivity index (χ0v) is 8.83. The first kappa shape index (κ1) is 9.31. The Morgan fingerprint density at radius 2 is 2.36 bits per heavy atom. The molecule has 0 aromatic carbocycles. The zero-order valence-electron chi connectivity index (χ0n) is 8.83. The lowest BCUT2D eigenvalue weighted by molar-refractivity contribution is 0.665. The van der Waals surface area contributed by atoms with Crippen molar-refractivity contribution in [1.82, 2.24) is 4.98 Å². The van der Waals surface area contributed by atoms with Crippen molar-refractivity contribution < 1.29 is 0 Å². The first-order valence-corrected chi connectivity index (χ1v) is 5.24. The molecular formula is C11H17N3. The minimum absolute atomic E-state index is 0.517. The minimum atomic E-state index is 0.517. The van der Waals surface area contributed by atoms with Crippen LogP contribution in [0.1, 0.15) is 20.3 Å². The maximum Gasteiger partial charge on any atom is 0.152 e. The summed E-state index contributed by atoms with van der Waals surface area (Å²) in [6.07, 6.45) is 3.04. The number of hydrogen-bond acceptors (Lipinski definition) is 3. The Morgan fingerprint density at radius 1 is 1.50 bits per heavy atom. The largest absolute Gasteiger partial charge is 0.382 e. The predicted octanol–water partition coefficient (Wildman–Crippen LogP) is 2.11. The molecule has 1 aliphatic rings. The van der Waals surface area contributed by atoms with Crippen LogP contribution in [0.15, 0.2) is 18.3 Å². The topological polar surface area (TPSA) is 28.2 Å². The van der Waals surface area contributed by atoms with Crippen molar-refractivity contribution in [2.75, 3.05) is 23.3 Å². The summed E-state index contributed by atoms with van der Waals surface area (Å²) in [4.78, 5) is 6.80. The van der Waals surface area contributed by atoms with Crippen LogP contribution in [0.5, 0.6) is 0 Å². The van der Waals surface area contributed by atoms with Gasteiger partial charge < -0.3 is 10.2 Å². The first-order chi connectivity index (χ1) is 6.79. The molecule has 1 aliphatic heterocycles. The lowest BCUT2D eigenvalue weighted by atomic mass is 10.3. The number of nitrogens with zero attached hydrogens (tertiary/aromatic N) is 2. The summed E-state index contributed by atoms with van der Waals surface area (Å²) in [6, 6.07) is 4.60. The summed E-state index contributed by atoms with van der Waals surface area (Å²) in [6.45, 7) is 6.56. The van der Waals surface area contributed by atoms with Crippen molar-refractivity contribution in [2.45, 2.75) is 26.3 Å². The van der Waals surface area contributed by atoms with E-state index >= 15 is 0 Å². The molecule has 0 aliphatic carbocycles. The minimum Gasteiger partial charge on any atom is -0.382 e. The maximum atomic E-state index is 4.45. The number of aromatic nitrogens is 1. The molecule has 2 rings (SSSR count). The second kappa shape index (κ2) is 3.86. The van der Waals surface area contributed by atoms with Gasteiger partial charge in [-0.15, -0.1) is 0 Å². The molecule has 2 heterocycles. The summed E-state index contributed by atoms with van der Waals surface area (Å²) in [5.41, 5.74) is 1.17. The molecular weight excluding hydrogens is 174 g/mol. The van der Waals surface area contributed by atoms with E-state index in [1.165, 1.54) is 12.1 Å². The van der Waals surface area contributed by atoms with E-state index in [2.05, 4.69) is 35.1 Å². The number of fused-ring (bicyclic) bond motifs is 1. The predicted molar refractivity (Wildman–Crippen MR) is 59.8 cm³/mol. The van der Waals surface area contributed by atoms with Gasteiger partial charge in [-0.05, 0) is 32.4 Å². The molecule has 3 nitrogen and oxygen atoms in total. The molecule has 0 atom stereocenters. The normalized spacial score (nSPS) is 16.1. The molecule has 0 amide bonds. The highest BCUT2D eigenvalue weighted by Gasteiger charge is 2.17. The summed E-state index contributed by atoms with van der Waals surface area (Å²) < 4.78 is 0. The Bertz CT molecular complexity index is 309. The molecule has 0 spiro atoms. The third-order valence-corrected chi connectivity index (χ3v) is 2.57. The average Bonchev–Trinajstić information content (AvgIpc) is 2.39. The first-order valence-electron chi connectivity index (χ1n) is 5.24. The van der Waals surface area contributed by atoms with Crippen LogP contribution in [0.2, 0.25) is 0 Å². The SMILES string of the molecule is CC(C)N1CCCNc2cccnc21. The fraction of sp³-hybridized carbons (Fsp3) is 0.545. The number of hydrogen-bond donors (Lipinski definition) is 1. The van der Waals surface area contributed by atoms with Crippen molar-refractivity contribution in [1.29, 1.82) is 0 Å². The van der Waals surface area contributed by atoms with E-state index in [4.69, 9.17) is 0 Å². The van der Waals surface area contributed by atoms with Crippen LogP contribution in [0.3, 0.4) is 0 Å². The standard InChI is InChI=1S/C11H17N3/c1-9(2)14-8-4-7-12-10-5-3-6-13-11(10)14/h3,5-6,9,12H,4,7-8H2,1-2H3. The third-order valence-electron chi connectivity index (χ3n) is 2.57. The second-order valence-electron chi connectivity index (χ2n) is 3.94. The lowest BCUT2D eigenvalue weighted by Gasteiger charge is -2.27. The highest BCUT2D eigenvalue weighted by Crippen LogP contribution is 2.26. The van der Waals surface area contributed by atoms with Gasteiger partial charge in [0.2, 0.25) is 0 Å². The summed E-state index contributed by atoms with van der Waals surface area (Å²) >= 11 is 0. The van der Waals surface area contributed by atoms with Crippen LogP contribution in [-0.4, -0.2) is 24.1 Å². The lowest BCUT2D eigenvalue weighted by Crippen LogP contribution is -2.31. The van der Waals surface area contributed by atoms with Crippen molar-refractivity contribution in [3.8, 4) is 0 Å². The van der Waals surface area contributed by atoms with Crippen LogP contribution in [0.4, 0.5) is 11.5 Å². The van der Waals surface area contributed by atoms with Gasteiger partial charge in [0, 0.05) is 25.3 Å². The van der Waals surface area contributed by atoms with E-state index in [0.29, 0.717) is 6.04 Å². The summed E-state index contributed by atoms with van der Waals surface area (Å²) in [5, 5.41) is 3.41. The van der Waals surface area contributed by atoms with Crippen LogP contribution >= 0.6 is 0 Å². The molecule has 3 heteroatoms. The fourth-order valence-electron chi connectivity index (χ4n) is 1.84.